The predicted octanol–water partition coefficient (Wildman–Crippen LogP) is 3.17. The molecular formula is C14H23N3S. The first kappa shape index (κ1) is 14.9. The van der Waals surface area contributed by atoms with Gasteiger partial charge in [-0.1, -0.05) is 26.3 Å². The molecule has 18 heavy (non-hydrogen) atoms. The first-order valence-electron chi connectivity index (χ1n) is 6.23. The molecule has 0 saturated heterocycles. The summed E-state index contributed by atoms with van der Waals surface area (Å²) < 4.78 is 0. The highest BCUT2D eigenvalue weighted by Crippen LogP contribution is 2.29. The SMILES string of the molecule is CCC(C)CN(C)c1cccc(SC)c1C(=N)N. The van der Waals surface area contributed by atoms with Crippen LogP contribution >= 0.6 is 11.8 Å². The fraction of sp³-hybridized carbons (Fsp3) is 0.500. The van der Waals surface area contributed by atoms with Gasteiger partial charge in [0.15, 0.2) is 0 Å². The van der Waals surface area contributed by atoms with Crippen LogP contribution in [0.1, 0.15) is 25.8 Å². The fourth-order valence-electron chi connectivity index (χ4n) is 1.97. The summed E-state index contributed by atoms with van der Waals surface area (Å²) in [6, 6.07) is 6.08. The molecule has 100 valence electrons. The van der Waals surface area contributed by atoms with E-state index in [2.05, 4.69) is 25.8 Å². The number of anilines is 1. The molecular weight excluding hydrogens is 242 g/mol. The topological polar surface area (TPSA) is 53.1 Å². The Hall–Kier alpha value is -1.16. The van der Waals surface area contributed by atoms with Gasteiger partial charge in [0.1, 0.15) is 5.84 Å². The average molecular weight is 265 g/mol. The van der Waals surface area contributed by atoms with Crippen molar-refractivity contribution < 1.29 is 0 Å². The Morgan fingerprint density at radius 2 is 2.17 bits per heavy atom. The second kappa shape index (κ2) is 6.69. The van der Waals surface area contributed by atoms with Crippen molar-refractivity contribution in [2.24, 2.45) is 11.7 Å². The summed E-state index contributed by atoms with van der Waals surface area (Å²) in [5, 5.41) is 7.78. The van der Waals surface area contributed by atoms with Gasteiger partial charge in [0, 0.05) is 24.2 Å². The first-order chi connectivity index (χ1) is 8.51. The largest absolute Gasteiger partial charge is 0.384 e. The lowest BCUT2D eigenvalue weighted by atomic mass is 10.1. The van der Waals surface area contributed by atoms with Crippen molar-refractivity contribution >= 4 is 23.3 Å². The Bertz CT molecular complexity index is 418. The smallest absolute Gasteiger partial charge is 0.126 e. The number of hydrogen-bond donors (Lipinski definition) is 2. The lowest BCUT2D eigenvalue weighted by molar-refractivity contribution is 0.559. The zero-order valence-electron chi connectivity index (χ0n) is 11.7. The molecule has 0 radical (unpaired) electrons. The summed E-state index contributed by atoms with van der Waals surface area (Å²) in [6.45, 7) is 5.42. The second-order valence-electron chi connectivity index (χ2n) is 4.66. The maximum Gasteiger partial charge on any atom is 0.126 e. The van der Waals surface area contributed by atoms with Gasteiger partial charge in [0.25, 0.3) is 0 Å². The minimum Gasteiger partial charge on any atom is -0.384 e. The Morgan fingerprint density at radius 3 is 2.67 bits per heavy atom. The van der Waals surface area contributed by atoms with Crippen molar-refractivity contribution in [3.63, 3.8) is 0 Å². The fourth-order valence-corrected chi connectivity index (χ4v) is 2.61. The van der Waals surface area contributed by atoms with Gasteiger partial charge in [-0.3, -0.25) is 5.41 Å². The van der Waals surface area contributed by atoms with E-state index in [1.165, 1.54) is 0 Å². The van der Waals surface area contributed by atoms with Crippen LogP contribution in [0.25, 0.3) is 0 Å². The maximum absolute atomic E-state index is 7.78. The van der Waals surface area contributed by atoms with Crippen molar-refractivity contribution in [2.75, 3.05) is 24.7 Å². The molecule has 0 aromatic heterocycles. The minimum atomic E-state index is 0.144. The quantitative estimate of drug-likeness (QED) is 0.472. The molecule has 1 atom stereocenters. The number of rotatable bonds is 6. The van der Waals surface area contributed by atoms with Crippen LogP contribution in [0.3, 0.4) is 0 Å². The van der Waals surface area contributed by atoms with E-state index in [0.29, 0.717) is 5.92 Å². The van der Waals surface area contributed by atoms with Gasteiger partial charge in [-0.05, 0) is 24.3 Å². The molecule has 1 unspecified atom stereocenters. The standard InChI is InChI=1S/C14H23N3S/c1-5-10(2)9-17(3)11-7-6-8-12(18-4)13(11)14(15)16/h6-8,10H,5,9H2,1-4H3,(H3,15,16). The molecule has 0 saturated carbocycles. The summed E-state index contributed by atoms with van der Waals surface area (Å²) in [4.78, 5) is 3.26. The van der Waals surface area contributed by atoms with Gasteiger partial charge in [-0.25, -0.2) is 0 Å². The van der Waals surface area contributed by atoms with Crippen LogP contribution in [0.5, 0.6) is 0 Å². The van der Waals surface area contributed by atoms with Gasteiger partial charge in [-0.15, -0.1) is 11.8 Å². The van der Waals surface area contributed by atoms with E-state index in [1.54, 1.807) is 11.8 Å². The number of amidine groups is 1. The van der Waals surface area contributed by atoms with Crippen LogP contribution in [-0.4, -0.2) is 25.7 Å². The van der Waals surface area contributed by atoms with Crippen molar-refractivity contribution in [1.29, 1.82) is 5.41 Å². The van der Waals surface area contributed by atoms with E-state index in [-0.39, 0.29) is 5.84 Å². The van der Waals surface area contributed by atoms with Crippen molar-refractivity contribution in [3.05, 3.63) is 23.8 Å². The van der Waals surface area contributed by atoms with Gasteiger partial charge in [0.05, 0.1) is 5.56 Å². The molecule has 1 aromatic rings. The number of nitrogens with one attached hydrogen (secondary N) is 1. The molecule has 0 aliphatic carbocycles. The molecule has 0 amide bonds. The summed E-state index contributed by atoms with van der Waals surface area (Å²) in [6.07, 6.45) is 3.17. The van der Waals surface area contributed by atoms with E-state index in [9.17, 15) is 0 Å². The lowest BCUT2D eigenvalue weighted by Crippen LogP contribution is -2.27. The molecule has 0 aliphatic rings. The van der Waals surface area contributed by atoms with E-state index < -0.39 is 0 Å². The molecule has 1 aromatic carbocycles. The molecule has 0 fully saturated rings. The van der Waals surface area contributed by atoms with E-state index in [1.807, 2.05) is 24.5 Å². The van der Waals surface area contributed by atoms with Gasteiger partial charge < -0.3 is 10.6 Å². The average Bonchev–Trinajstić information content (AvgIpc) is 2.37. The van der Waals surface area contributed by atoms with E-state index >= 15 is 0 Å². The van der Waals surface area contributed by atoms with Crippen molar-refractivity contribution in [3.8, 4) is 0 Å². The van der Waals surface area contributed by atoms with Crippen LogP contribution in [-0.2, 0) is 0 Å². The van der Waals surface area contributed by atoms with Crippen LogP contribution < -0.4 is 10.6 Å². The number of nitrogens with zero attached hydrogens (tertiary/aromatic N) is 1. The molecule has 1 rings (SSSR count). The summed E-state index contributed by atoms with van der Waals surface area (Å²) in [5.41, 5.74) is 7.64. The van der Waals surface area contributed by atoms with Gasteiger partial charge in [0.2, 0.25) is 0 Å². The highest BCUT2D eigenvalue weighted by molar-refractivity contribution is 7.98. The Kier molecular flexibility index (Phi) is 5.54. The van der Waals surface area contributed by atoms with Crippen molar-refractivity contribution in [1.82, 2.24) is 0 Å². The number of nitrogens with two attached hydrogens (primary N) is 1. The number of benzene rings is 1. The highest BCUT2D eigenvalue weighted by atomic mass is 32.2. The van der Waals surface area contributed by atoms with Gasteiger partial charge in [-0.2, -0.15) is 0 Å². The van der Waals surface area contributed by atoms with Crippen molar-refractivity contribution in [2.45, 2.75) is 25.2 Å². The lowest BCUT2D eigenvalue weighted by Gasteiger charge is -2.26. The minimum absolute atomic E-state index is 0.144. The maximum atomic E-state index is 7.78. The number of thioether (sulfide) groups is 1. The molecule has 4 heteroatoms. The molecule has 0 bridgehead atoms. The molecule has 3 nitrogen and oxygen atoms in total. The molecule has 3 N–H and O–H groups in total. The normalized spacial score (nSPS) is 12.2. The Labute approximate surface area is 114 Å². The Morgan fingerprint density at radius 1 is 1.50 bits per heavy atom. The van der Waals surface area contributed by atoms with Crippen LogP contribution in [0.4, 0.5) is 5.69 Å². The second-order valence-corrected chi connectivity index (χ2v) is 5.51. The number of nitrogen functional groups attached to an aromatic ring is 1. The third kappa shape index (κ3) is 3.42. The van der Waals surface area contributed by atoms with Gasteiger partial charge >= 0.3 is 0 Å². The molecule has 0 spiro atoms. The summed E-state index contributed by atoms with van der Waals surface area (Å²) >= 11 is 1.63. The highest BCUT2D eigenvalue weighted by Gasteiger charge is 2.15. The number of hydrogen-bond acceptors (Lipinski definition) is 3. The summed E-state index contributed by atoms with van der Waals surface area (Å²) in [7, 11) is 2.07. The zero-order chi connectivity index (χ0) is 13.7. The van der Waals surface area contributed by atoms with E-state index in [0.717, 1.165) is 29.1 Å². The zero-order valence-corrected chi connectivity index (χ0v) is 12.5. The molecule has 0 aliphatic heterocycles. The third-order valence-electron chi connectivity index (χ3n) is 3.19. The predicted molar refractivity (Wildman–Crippen MR) is 82.0 cm³/mol. The third-order valence-corrected chi connectivity index (χ3v) is 3.97. The first-order valence-corrected chi connectivity index (χ1v) is 7.46. The van der Waals surface area contributed by atoms with Crippen LogP contribution in [0.15, 0.2) is 23.1 Å². The monoisotopic (exact) mass is 265 g/mol. The summed E-state index contributed by atoms with van der Waals surface area (Å²) in [5.74, 6) is 0.777. The van der Waals surface area contributed by atoms with E-state index in [4.69, 9.17) is 11.1 Å². The van der Waals surface area contributed by atoms with Crippen LogP contribution in [0.2, 0.25) is 0 Å². The molecule has 0 heterocycles. The van der Waals surface area contributed by atoms with Crippen LogP contribution in [0, 0.1) is 11.3 Å². The Balaban J connectivity index is 3.11.